The van der Waals surface area contributed by atoms with E-state index in [9.17, 15) is 9.59 Å². The molecular weight excluding hydrogens is 340 g/mol. The molecule has 0 aliphatic heterocycles. The zero-order chi connectivity index (χ0) is 19.3. The summed E-state index contributed by atoms with van der Waals surface area (Å²) in [7, 11) is 0. The Morgan fingerprint density at radius 1 is 1.15 bits per heavy atom. The van der Waals surface area contributed by atoms with Crippen LogP contribution in [-0.2, 0) is 0 Å². The van der Waals surface area contributed by atoms with Gasteiger partial charge in [-0.1, -0.05) is 37.1 Å². The lowest BCUT2D eigenvalue weighted by atomic mass is 9.76. The molecule has 2 heterocycles. The summed E-state index contributed by atoms with van der Waals surface area (Å²) in [4.78, 5) is 31.3. The minimum absolute atomic E-state index is 0.195. The van der Waals surface area contributed by atoms with E-state index in [1.54, 1.807) is 6.21 Å². The summed E-state index contributed by atoms with van der Waals surface area (Å²) in [6.07, 6.45) is 5.01. The number of aromatic nitrogens is 3. The number of aromatic amines is 2. The molecule has 0 amide bonds. The van der Waals surface area contributed by atoms with Crippen molar-refractivity contribution in [1.29, 1.82) is 0 Å². The van der Waals surface area contributed by atoms with E-state index in [4.69, 9.17) is 0 Å². The molecule has 4 rings (SSSR count). The van der Waals surface area contributed by atoms with Crippen LogP contribution >= 0.6 is 0 Å². The fourth-order valence-electron chi connectivity index (χ4n) is 4.28. The molecule has 6 nitrogen and oxygen atoms in total. The van der Waals surface area contributed by atoms with Gasteiger partial charge in [0.1, 0.15) is 5.52 Å². The highest BCUT2D eigenvalue weighted by atomic mass is 16.2. The molecule has 1 aromatic carbocycles. The highest BCUT2D eigenvalue weighted by molar-refractivity contribution is 6.04. The molecular formula is C21H24N4O2. The first-order valence-electron chi connectivity index (χ1n) is 9.34. The van der Waals surface area contributed by atoms with Crippen molar-refractivity contribution in [3.05, 3.63) is 56.2 Å². The number of allylic oxidation sites excluding steroid dienone is 2. The predicted octanol–water partition coefficient (Wildman–Crippen LogP) is 3.55. The zero-order valence-electron chi connectivity index (χ0n) is 16.0. The Hall–Kier alpha value is -2.89. The highest BCUT2D eigenvalue weighted by Crippen LogP contribution is 2.32. The number of aryl methyl sites for hydroxylation is 1. The van der Waals surface area contributed by atoms with Gasteiger partial charge in [-0.3, -0.25) is 4.79 Å². The first-order valence-corrected chi connectivity index (χ1v) is 9.34. The van der Waals surface area contributed by atoms with E-state index in [-0.39, 0.29) is 5.92 Å². The van der Waals surface area contributed by atoms with E-state index in [1.807, 2.05) is 25.1 Å². The van der Waals surface area contributed by atoms with Crippen LogP contribution in [0.25, 0.3) is 21.9 Å². The maximum Gasteiger partial charge on any atom is 0.350 e. The molecule has 0 bridgehead atoms. The van der Waals surface area contributed by atoms with Gasteiger partial charge in [0, 0.05) is 23.0 Å². The molecule has 6 heteroatoms. The fraction of sp³-hybridized carbons (Fsp3) is 0.381. The lowest BCUT2D eigenvalue weighted by molar-refractivity contribution is 0.361. The molecule has 0 fully saturated rings. The van der Waals surface area contributed by atoms with Crippen molar-refractivity contribution < 1.29 is 0 Å². The molecule has 2 N–H and O–H groups in total. The van der Waals surface area contributed by atoms with E-state index >= 15 is 0 Å². The van der Waals surface area contributed by atoms with Crippen LogP contribution in [-0.4, -0.2) is 20.9 Å². The third-order valence-corrected chi connectivity index (χ3v) is 5.59. The molecule has 0 radical (unpaired) electrons. The molecule has 3 aromatic rings. The van der Waals surface area contributed by atoms with Crippen LogP contribution in [0.15, 0.2) is 44.5 Å². The lowest BCUT2D eigenvalue weighted by Gasteiger charge is -2.29. The Morgan fingerprint density at radius 2 is 1.93 bits per heavy atom. The molecule has 1 aliphatic carbocycles. The highest BCUT2D eigenvalue weighted by Gasteiger charge is 2.25. The second kappa shape index (κ2) is 6.37. The van der Waals surface area contributed by atoms with E-state index in [0.717, 1.165) is 27.6 Å². The van der Waals surface area contributed by atoms with Crippen LogP contribution in [0.5, 0.6) is 0 Å². The Kier molecular flexibility index (Phi) is 4.13. The van der Waals surface area contributed by atoms with E-state index in [0.29, 0.717) is 22.9 Å². The molecule has 0 saturated heterocycles. The molecule has 2 aromatic heterocycles. The smallest absolute Gasteiger partial charge is 0.349 e. The van der Waals surface area contributed by atoms with Gasteiger partial charge < -0.3 is 9.97 Å². The van der Waals surface area contributed by atoms with Crippen molar-refractivity contribution in [2.24, 2.45) is 22.9 Å². The third kappa shape index (κ3) is 2.95. The summed E-state index contributed by atoms with van der Waals surface area (Å²) in [5, 5.41) is 5.12. The van der Waals surface area contributed by atoms with Crippen molar-refractivity contribution in [2.75, 3.05) is 0 Å². The fourth-order valence-corrected chi connectivity index (χ4v) is 4.28. The number of benzene rings is 1. The minimum Gasteiger partial charge on any atom is -0.349 e. The zero-order valence-corrected chi connectivity index (χ0v) is 16.0. The Bertz CT molecular complexity index is 1210. The molecule has 3 atom stereocenters. The topological polar surface area (TPSA) is 83.0 Å². The van der Waals surface area contributed by atoms with Crippen LogP contribution in [0.3, 0.4) is 0 Å². The standard InChI is InChI=1S/C21H24N4O2/c1-11-5-6-17-15(9-11)18-19(23-17)20(26)25(21(27)24-18)22-10-16-13(3)7-12(2)8-14(16)4/h5-7,9-10,13-14,16,23H,8H2,1-4H3,(H,24,27)/t13-,14+,16+/m1/s1. The minimum atomic E-state index is -0.519. The van der Waals surface area contributed by atoms with Gasteiger partial charge in [-0.2, -0.15) is 5.10 Å². The van der Waals surface area contributed by atoms with Crippen molar-refractivity contribution in [2.45, 2.75) is 34.1 Å². The summed E-state index contributed by atoms with van der Waals surface area (Å²) < 4.78 is 0.926. The molecule has 0 saturated carbocycles. The maximum atomic E-state index is 12.9. The first-order chi connectivity index (χ1) is 12.8. The second-order valence-corrected chi connectivity index (χ2v) is 7.87. The Balaban J connectivity index is 1.82. The molecule has 140 valence electrons. The van der Waals surface area contributed by atoms with Crippen molar-refractivity contribution >= 4 is 28.2 Å². The van der Waals surface area contributed by atoms with Crippen molar-refractivity contribution in [1.82, 2.24) is 14.6 Å². The number of nitrogens with zero attached hydrogens (tertiary/aromatic N) is 2. The largest absolute Gasteiger partial charge is 0.350 e. The lowest BCUT2D eigenvalue weighted by Crippen LogP contribution is -2.33. The van der Waals surface area contributed by atoms with Crippen LogP contribution in [0.4, 0.5) is 0 Å². The van der Waals surface area contributed by atoms with E-state index in [2.05, 4.69) is 41.9 Å². The number of H-pyrrole nitrogens is 2. The average Bonchev–Trinajstić information content (AvgIpc) is 2.94. The summed E-state index contributed by atoms with van der Waals surface area (Å²) in [6, 6.07) is 5.83. The monoisotopic (exact) mass is 364 g/mol. The Labute approximate surface area is 156 Å². The first kappa shape index (κ1) is 17.5. The molecule has 27 heavy (non-hydrogen) atoms. The number of nitrogens with one attached hydrogen (secondary N) is 2. The van der Waals surface area contributed by atoms with E-state index in [1.165, 1.54) is 5.57 Å². The quantitative estimate of drug-likeness (QED) is 0.538. The van der Waals surface area contributed by atoms with E-state index < -0.39 is 11.2 Å². The molecule has 0 unspecified atom stereocenters. The van der Waals surface area contributed by atoms with Crippen LogP contribution in [0.2, 0.25) is 0 Å². The summed E-state index contributed by atoms with van der Waals surface area (Å²) in [5.41, 5.74) is 3.22. The molecule has 0 spiro atoms. The van der Waals surface area contributed by atoms with Crippen LogP contribution in [0.1, 0.15) is 32.8 Å². The predicted molar refractivity (Wildman–Crippen MR) is 110 cm³/mol. The van der Waals surface area contributed by atoms with Crippen LogP contribution in [0, 0.1) is 24.7 Å². The summed E-state index contributed by atoms with van der Waals surface area (Å²) in [5.74, 6) is 0.941. The van der Waals surface area contributed by atoms with Crippen molar-refractivity contribution in [3.63, 3.8) is 0 Å². The van der Waals surface area contributed by atoms with Gasteiger partial charge in [-0.05, 0) is 44.2 Å². The van der Waals surface area contributed by atoms with Crippen molar-refractivity contribution in [3.8, 4) is 0 Å². The number of hydrogen-bond acceptors (Lipinski definition) is 3. The summed E-state index contributed by atoms with van der Waals surface area (Å²) >= 11 is 0. The molecule has 1 aliphatic rings. The SMILES string of the molecule is CC1=C[C@@H](C)[C@H](C=Nn2c(=O)[nH]c3c([nH]c4ccc(C)cc43)c2=O)[C@@H](C)C1. The van der Waals surface area contributed by atoms with Gasteiger partial charge >= 0.3 is 11.2 Å². The van der Waals surface area contributed by atoms with Gasteiger partial charge in [0.05, 0.1) is 5.52 Å². The third-order valence-electron chi connectivity index (χ3n) is 5.59. The average molecular weight is 364 g/mol. The van der Waals surface area contributed by atoms with Gasteiger partial charge in [0.2, 0.25) is 0 Å². The summed E-state index contributed by atoms with van der Waals surface area (Å²) in [6.45, 7) is 8.44. The van der Waals surface area contributed by atoms with Gasteiger partial charge in [-0.25, -0.2) is 4.79 Å². The number of fused-ring (bicyclic) bond motifs is 3. The van der Waals surface area contributed by atoms with Gasteiger partial charge in [0.15, 0.2) is 0 Å². The number of hydrogen-bond donors (Lipinski definition) is 2. The number of rotatable bonds is 2. The maximum absolute atomic E-state index is 12.9. The van der Waals surface area contributed by atoms with Gasteiger partial charge in [0.25, 0.3) is 0 Å². The Morgan fingerprint density at radius 3 is 2.67 bits per heavy atom. The van der Waals surface area contributed by atoms with Crippen LogP contribution < -0.4 is 11.2 Å². The van der Waals surface area contributed by atoms with Gasteiger partial charge in [-0.15, -0.1) is 4.68 Å². The normalized spacial score (nSPS) is 23.4. The second-order valence-electron chi connectivity index (χ2n) is 7.87.